The molecule has 3 nitrogen and oxygen atoms in total. The van der Waals surface area contributed by atoms with Crippen molar-refractivity contribution in [1.82, 2.24) is 10.6 Å². The minimum Gasteiger partial charge on any atom is -0.354 e. The van der Waals surface area contributed by atoms with Crippen LogP contribution in [-0.4, -0.2) is 31.5 Å². The number of halogens is 2. The van der Waals surface area contributed by atoms with Gasteiger partial charge in [-0.3, -0.25) is 4.79 Å². The third kappa shape index (κ3) is 2.80. The highest BCUT2D eigenvalue weighted by Gasteiger charge is 2.21. The van der Waals surface area contributed by atoms with Gasteiger partial charge in [0.1, 0.15) is 0 Å². The Kier molecular flexibility index (Phi) is 2.76. The van der Waals surface area contributed by atoms with Gasteiger partial charge >= 0.3 is 0 Å². The molecule has 1 heterocycles. The van der Waals surface area contributed by atoms with Crippen LogP contribution in [0.2, 0.25) is 0 Å². The molecule has 1 unspecified atom stereocenters. The van der Waals surface area contributed by atoms with Gasteiger partial charge in [-0.2, -0.15) is 0 Å². The van der Waals surface area contributed by atoms with E-state index in [0.29, 0.717) is 13.0 Å². The van der Waals surface area contributed by atoms with E-state index in [4.69, 9.17) is 0 Å². The highest BCUT2D eigenvalue weighted by Crippen LogP contribution is 1.99. The standard InChI is InChI=1S/C6H10F2N2O/c7-5(8)3-9-4-1-6(11)10-2-4/h4-5,9H,1-3H2,(H,10,11). The molecule has 0 radical (unpaired) electrons. The van der Waals surface area contributed by atoms with Crippen LogP contribution in [0, 0.1) is 0 Å². The Balaban J connectivity index is 2.13. The van der Waals surface area contributed by atoms with Crippen LogP contribution in [-0.2, 0) is 4.79 Å². The zero-order chi connectivity index (χ0) is 8.27. The van der Waals surface area contributed by atoms with Crippen molar-refractivity contribution in [3.8, 4) is 0 Å². The first-order chi connectivity index (χ1) is 5.18. The fourth-order valence-electron chi connectivity index (χ4n) is 1.01. The molecule has 1 fully saturated rings. The largest absolute Gasteiger partial charge is 0.354 e. The van der Waals surface area contributed by atoms with Crippen molar-refractivity contribution in [3.05, 3.63) is 0 Å². The maximum atomic E-state index is 11.6. The van der Waals surface area contributed by atoms with Gasteiger partial charge in [0.15, 0.2) is 0 Å². The van der Waals surface area contributed by atoms with Crippen molar-refractivity contribution < 1.29 is 13.6 Å². The van der Waals surface area contributed by atoms with Gasteiger partial charge in [0.25, 0.3) is 6.43 Å². The molecule has 1 aliphatic heterocycles. The van der Waals surface area contributed by atoms with E-state index in [1.165, 1.54) is 0 Å². The zero-order valence-electron chi connectivity index (χ0n) is 5.94. The minimum atomic E-state index is -2.34. The van der Waals surface area contributed by atoms with Crippen LogP contribution in [0.25, 0.3) is 0 Å². The van der Waals surface area contributed by atoms with E-state index in [1.54, 1.807) is 0 Å². The van der Waals surface area contributed by atoms with Crippen LogP contribution in [0.3, 0.4) is 0 Å². The smallest absolute Gasteiger partial charge is 0.250 e. The average molecular weight is 164 g/mol. The summed E-state index contributed by atoms with van der Waals surface area (Å²) in [5, 5.41) is 5.13. The van der Waals surface area contributed by atoms with Crippen LogP contribution in [0.15, 0.2) is 0 Å². The zero-order valence-corrected chi connectivity index (χ0v) is 5.94. The van der Waals surface area contributed by atoms with Gasteiger partial charge in [0, 0.05) is 19.0 Å². The Morgan fingerprint density at radius 2 is 2.45 bits per heavy atom. The van der Waals surface area contributed by atoms with Crippen molar-refractivity contribution in [2.75, 3.05) is 13.1 Å². The molecule has 1 saturated heterocycles. The lowest BCUT2D eigenvalue weighted by atomic mass is 10.2. The number of carbonyl (C=O) groups is 1. The van der Waals surface area contributed by atoms with Crippen molar-refractivity contribution in [2.24, 2.45) is 0 Å². The van der Waals surface area contributed by atoms with Crippen LogP contribution in [0.1, 0.15) is 6.42 Å². The molecule has 1 aliphatic rings. The highest BCUT2D eigenvalue weighted by atomic mass is 19.3. The SMILES string of the molecule is O=C1CC(NCC(F)F)CN1. The highest BCUT2D eigenvalue weighted by molar-refractivity contribution is 5.78. The third-order valence-electron chi connectivity index (χ3n) is 1.54. The molecule has 11 heavy (non-hydrogen) atoms. The second-order valence-corrected chi connectivity index (χ2v) is 2.50. The van der Waals surface area contributed by atoms with Crippen LogP contribution < -0.4 is 10.6 Å². The lowest BCUT2D eigenvalue weighted by molar-refractivity contribution is -0.119. The number of amides is 1. The Morgan fingerprint density at radius 3 is 2.91 bits per heavy atom. The maximum absolute atomic E-state index is 11.6. The molecule has 0 aromatic carbocycles. The van der Waals surface area contributed by atoms with Crippen molar-refractivity contribution in [1.29, 1.82) is 0 Å². The molecule has 2 N–H and O–H groups in total. The third-order valence-corrected chi connectivity index (χ3v) is 1.54. The van der Waals surface area contributed by atoms with Crippen molar-refractivity contribution in [2.45, 2.75) is 18.9 Å². The summed E-state index contributed by atoms with van der Waals surface area (Å²) in [7, 11) is 0. The van der Waals surface area contributed by atoms with Crippen molar-refractivity contribution in [3.63, 3.8) is 0 Å². The van der Waals surface area contributed by atoms with Crippen LogP contribution >= 0.6 is 0 Å². The van der Waals surface area contributed by atoms with Crippen molar-refractivity contribution >= 4 is 5.91 Å². The van der Waals surface area contributed by atoms with E-state index in [-0.39, 0.29) is 18.5 Å². The predicted molar refractivity (Wildman–Crippen MR) is 35.4 cm³/mol. The fourth-order valence-corrected chi connectivity index (χ4v) is 1.01. The summed E-state index contributed by atoms with van der Waals surface area (Å²) in [4.78, 5) is 10.6. The van der Waals surface area contributed by atoms with Gasteiger partial charge in [0.05, 0.1) is 6.54 Å². The van der Waals surface area contributed by atoms with E-state index < -0.39 is 6.43 Å². The predicted octanol–water partition coefficient (Wildman–Crippen LogP) is -0.270. The fraction of sp³-hybridized carbons (Fsp3) is 0.833. The minimum absolute atomic E-state index is 0.0724. The van der Waals surface area contributed by atoms with E-state index in [0.717, 1.165) is 0 Å². The summed E-state index contributed by atoms with van der Waals surface area (Å²) >= 11 is 0. The summed E-state index contributed by atoms with van der Waals surface area (Å²) in [6.45, 7) is 0.130. The molecule has 0 aromatic rings. The molecule has 1 atom stereocenters. The summed E-state index contributed by atoms with van der Waals surface area (Å²) < 4.78 is 23.2. The number of alkyl halides is 2. The number of rotatable bonds is 3. The average Bonchev–Trinajstić information content (AvgIpc) is 2.31. The van der Waals surface area contributed by atoms with E-state index in [1.807, 2.05) is 0 Å². The summed E-state index contributed by atoms with van der Waals surface area (Å²) in [5.41, 5.74) is 0. The van der Waals surface area contributed by atoms with E-state index in [9.17, 15) is 13.6 Å². The number of carbonyl (C=O) groups excluding carboxylic acids is 1. The molecule has 0 bridgehead atoms. The molecular weight excluding hydrogens is 154 g/mol. The molecule has 5 heteroatoms. The number of nitrogens with one attached hydrogen (secondary N) is 2. The Morgan fingerprint density at radius 1 is 1.73 bits per heavy atom. The first kappa shape index (κ1) is 8.39. The summed E-state index contributed by atoms with van der Waals surface area (Å²) in [6.07, 6.45) is -2.03. The summed E-state index contributed by atoms with van der Waals surface area (Å²) in [6, 6.07) is -0.114. The molecule has 0 saturated carbocycles. The van der Waals surface area contributed by atoms with Gasteiger partial charge in [-0.1, -0.05) is 0 Å². The quantitative estimate of drug-likeness (QED) is 0.602. The Hall–Kier alpha value is -0.710. The van der Waals surface area contributed by atoms with Gasteiger partial charge in [-0.25, -0.2) is 8.78 Å². The molecule has 1 rings (SSSR count). The van der Waals surface area contributed by atoms with Gasteiger partial charge < -0.3 is 10.6 Å². The van der Waals surface area contributed by atoms with E-state index >= 15 is 0 Å². The molecule has 0 aromatic heterocycles. The molecule has 0 aliphatic carbocycles. The monoisotopic (exact) mass is 164 g/mol. The Bertz CT molecular complexity index is 152. The number of hydrogen-bond donors (Lipinski definition) is 2. The molecule has 64 valence electrons. The number of hydrogen-bond acceptors (Lipinski definition) is 2. The summed E-state index contributed by atoms with van der Waals surface area (Å²) in [5.74, 6) is -0.0724. The molecule has 1 amide bonds. The topological polar surface area (TPSA) is 41.1 Å². The lowest BCUT2D eigenvalue weighted by Crippen LogP contribution is -2.34. The maximum Gasteiger partial charge on any atom is 0.250 e. The molecular formula is C6H10F2N2O. The Labute approximate surface area is 63.2 Å². The van der Waals surface area contributed by atoms with Gasteiger partial charge in [-0.15, -0.1) is 0 Å². The first-order valence-corrected chi connectivity index (χ1v) is 3.46. The lowest BCUT2D eigenvalue weighted by Gasteiger charge is -2.08. The molecule has 0 spiro atoms. The first-order valence-electron chi connectivity index (χ1n) is 3.46. The van der Waals surface area contributed by atoms with Gasteiger partial charge in [-0.05, 0) is 0 Å². The van der Waals surface area contributed by atoms with Gasteiger partial charge in [0.2, 0.25) is 5.91 Å². The second-order valence-electron chi connectivity index (χ2n) is 2.50. The second kappa shape index (κ2) is 3.61. The van der Waals surface area contributed by atoms with Crippen LogP contribution in [0.5, 0.6) is 0 Å². The van der Waals surface area contributed by atoms with Crippen LogP contribution in [0.4, 0.5) is 8.78 Å². The normalized spacial score (nSPS) is 24.3. The van der Waals surface area contributed by atoms with E-state index in [2.05, 4.69) is 10.6 Å².